The number of nitrogens with one attached hydrogen (secondary N) is 1. The minimum Gasteiger partial charge on any atom is -0.349 e. The van der Waals surface area contributed by atoms with Crippen LogP contribution in [0.3, 0.4) is 0 Å². The highest BCUT2D eigenvalue weighted by molar-refractivity contribution is 5.65. The van der Waals surface area contributed by atoms with Crippen molar-refractivity contribution >= 4 is 17.5 Å². The molecule has 126 valence electrons. The topological polar surface area (TPSA) is 53.9 Å². The van der Waals surface area contributed by atoms with Gasteiger partial charge in [0.1, 0.15) is 0 Å². The fraction of sp³-hybridized carbons (Fsp3) is 0.250. The van der Waals surface area contributed by atoms with E-state index in [4.69, 9.17) is 0 Å². The van der Waals surface area contributed by atoms with Gasteiger partial charge >= 0.3 is 0 Å². The van der Waals surface area contributed by atoms with Crippen molar-refractivity contribution < 1.29 is 0 Å². The molecule has 0 saturated carbocycles. The summed E-state index contributed by atoms with van der Waals surface area (Å²) in [6.45, 7) is 3.72. The van der Waals surface area contributed by atoms with Crippen LogP contribution in [0, 0.1) is 6.92 Å². The van der Waals surface area contributed by atoms with Crippen LogP contribution in [0.2, 0.25) is 0 Å². The maximum atomic E-state index is 4.67. The van der Waals surface area contributed by atoms with Crippen LogP contribution >= 0.6 is 0 Å². The van der Waals surface area contributed by atoms with Crippen molar-refractivity contribution in [3.8, 4) is 0 Å². The molecule has 0 aliphatic carbocycles. The van der Waals surface area contributed by atoms with Crippen LogP contribution < -0.4 is 10.2 Å². The number of anilines is 3. The first-order valence-electron chi connectivity index (χ1n) is 8.64. The molecule has 0 fully saturated rings. The summed E-state index contributed by atoms with van der Waals surface area (Å²) in [6, 6.07) is 16.9. The first kappa shape index (κ1) is 15.6. The van der Waals surface area contributed by atoms with Gasteiger partial charge in [0, 0.05) is 18.8 Å². The van der Waals surface area contributed by atoms with Crippen LogP contribution in [0.5, 0.6) is 0 Å². The normalized spacial score (nSPS) is 13.4. The van der Waals surface area contributed by atoms with Gasteiger partial charge in [-0.25, -0.2) is 0 Å². The van der Waals surface area contributed by atoms with E-state index in [2.05, 4.69) is 80.9 Å². The molecule has 0 bridgehead atoms. The summed E-state index contributed by atoms with van der Waals surface area (Å²) in [6.07, 6.45) is 3.97. The van der Waals surface area contributed by atoms with Crippen molar-refractivity contribution in [2.24, 2.45) is 0 Å². The molecular weight excluding hydrogens is 310 g/mol. The minimum atomic E-state index is 0.557. The van der Waals surface area contributed by atoms with E-state index in [1.807, 2.05) is 0 Å². The number of aromatic nitrogens is 3. The number of benzene rings is 2. The average Bonchev–Trinajstić information content (AvgIpc) is 2.67. The Morgan fingerprint density at radius 2 is 1.92 bits per heavy atom. The number of hydrogen-bond acceptors (Lipinski definition) is 5. The Labute approximate surface area is 147 Å². The Morgan fingerprint density at radius 3 is 2.80 bits per heavy atom. The molecule has 1 aliphatic rings. The van der Waals surface area contributed by atoms with Gasteiger partial charge in [-0.15, -0.1) is 5.10 Å². The van der Waals surface area contributed by atoms with Crippen molar-refractivity contribution in [2.75, 3.05) is 16.8 Å². The van der Waals surface area contributed by atoms with Crippen LogP contribution in [0.15, 0.2) is 54.7 Å². The molecule has 0 unspecified atom stereocenters. The number of nitrogens with zero attached hydrogens (tertiary/aromatic N) is 4. The van der Waals surface area contributed by atoms with Crippen LogP contribution in [0.1, 0.15) is 23.1 Å². The second kappa shape index (κ2) is 6.89. The molecule has 0 spiro atoms. The summed E-state index contributed by atoms with van der Waals surface area (Å²) < 4.78 is 0. The first-order chi connectivity index (χ1) is 12.3. The van der Waals surface area contributed by atoms with Crippen LogP contribution in [-0.2, 0) is 13.0 Å². The highest BCUT2D eigenvalue weighted by Gasteiger charge is 2.19. The smallest absolute Gasteiger partial charge is 0.244 e. The van der Waals surface area contributed by atoms with E-state index >= 15 is 0 Å². The third kappa shape index (κ3) is 3.45. The van der Waals surface area contributed by atoms with E-state index in [-0.39, 0.29) is 0 Å². The largest absolute Gasteiger partial charge is 0.349 e. The molecule has 1 aromatic heterocycles. The van der Waals surface area contributed by atoms with Crippen LogP contribution in [0.25, 0.3) is 0 Å². The van der Waals surface area contributed by atoms with E-state index < -0.39 is 0 Å². The molecular formula is C20H21N5. The van der Waals surface area contributed by atoms with Gasteiger partial charge < -0.3 is 10.2 Å². The van der Waals surface area contributed by atoms with Crippen LogP contribution in [0.4, 0.5) is 17.5 Å². The lowest BCUT2D eigenvalue weighted by molar-refractivity contribution is 0.754. The number of hydrogen-bond donors (Lipinski definition) is 1. The highest BCUT2D eigenvalue weighted by Crippen LogP contribution is 2.31. The standard InChI is InChI=1S/C20H21N5/c1-15-8-10-16(11-9-15)13-21-20-23-19(14-22-24-20)25-12-4-6-17-5-2-3-7-18(17)25/h2-3,5,7-11,14H,4,6,12-13H2,1H3,(H,21,23,24). The predicted molar refractivity (Wildman–Crippen MR) is 100 cm³/mol. The molecule has 0 saturated heterocycles. The SMILES string of the molecule is Cc1ccc(CNc2nncc(N3CCCc4ccccc43)n2)cc1. The molecule has 2 heterocycles. The molecule has 1 N–H and O–H groups in total. The quantitative estimate of drug-likeness (QED) is 0.786. The maximum Gasteiger partial charge on any atom is 0.244 e. The molecule has 1 aliphatic heterocycles. The van der Waals surface area contributed by atoms with E-state index in [1.165, 1.54) is 22.4 Å². The van der Waals surface area contributed by atoms with Crippen molar-refractivity contribution in [3.63, 3.8) is 0 Å². The van der Waals surface area contributed by atoms with E-state index in [0.717, 1.165) is 25.2 Å². The molecule has 2 aromatic carbocycles. The third-order valence-corrected chi connectivity index (χ3v) is 4.50. The molecule has 0 radical (unpaired) electrons. The fourth-order valence-electron chi connectivity index (χ4n) is 3.16. The molecule has 3 aromatic rings. The lowest BCUT2D eigenvalue weighted by Crippen LogP contribution is -2.25. The lowest BCUT2D eigenvalue weighted by Gasteiger charge is -2.30. The molecule has 0 atom stereocenters. The molecule has 5 heteroatoms. The number of aryl methyl sites for hydroxylation is 2. The average molecular weight is 331 g/mol. The predicted octanol–water partition coefficient (Wildman–Crippen LogP) is 3.88. The zero-order valence-corrected chi connectivity index (χ0v) is 14.3. The molecule has 4 rings (SSSR count). The summed E-state index contributed by atoms with van der Waals surface area (Å²) in [5, 5.41) is 11.5. The van der Waals surface area contributed by atoms with Crippen molar-refractivity contribution in [3.05, 3.63) is 71.4 Å². The van der Waals surface area contributed by atoms with Gasteiger partial charge in [-0.05, 0) is 37.0 Å². The third-order valence-electron chi connectivity index (χ3n) is 4.50. The Balaban J connectivity index is 1.53. The summed E-state index contributed by atoms with van der Waals surface area (Å²) in [7, 11) is 0. The van der Waals surface area contributed by atoms with Gasteiger partial charge in [-0.1, -0.05) is 48.0 Å². The monoisotopic (exact) mass is 331 g/mol. The van der Waals surface area contributed by atoms with Gasteiger partial charge in [0.2, 0.25) is 5.95 Å². The van der Waals surface area contributed by atoms with Crippen molar-refractivity contribution in [1.82, 2.24) is 15.2 Å². The molecule has 0 amide bonds. The van der Waals surface area contributed by atoms with Crippen LogP contribution in [-0.4, -0.2) is 21.7 Å². The van der Waals surface area contributed by atoms with Gasteiger partial charge in [-0.3, -0.25) is 0 Å². The van der Waals surface area contributed by atoms with Gasteiger partial charge in [-0.2, -0.15) is 10.1 Å². The second-order valence-electron chi connectivity index (χ2n) is 6.36. The maximum absolute atomic E-state index is 4.67. The van der Waals surface area contributed by atoms with E-state index in [0.29, 0.717) is 12.5 Å². The number of para-hydroxylation sites is 1. The van der Waals surface area contributed by atoms with E-state index in [1.54, 1.807) is 6.20 Å². The first-order valence-corrected chi connectivity index (χ1v) is 8.64. The summed E-state index contributed by atoms with van der Waals surface area (Å²) in [4.78, 5) is 6.90. The second-order valence-corrected chi connectivity index (χ2v) is 6.36. The Bertz CT molecular complexity index is 860. The summed E-state index contributed by atoms with van der Waals surface area (Å²) in [5.74, 6) is 1.40. The van der Waals surface area contributed by atoms with Gasteiger partial charge in [0.25, 0.3) is 0 Å². The summed E-state index contributed by atoms with van der Waals surface area (Å²) in [5.41, 5.74) is 5.04. The number of fused-ring (bicyclic) bond motifs is 1. The fourth-order valence-corrected chi connectivity index (χ4v) is 3.16. The minimum absolute atomic E-state index is 0.557. The highest BCUT2D eigenvalue weighted by atomic mass is 15.3. The molecule has 25 heavy (non-hydrogen) atoms. The summed E-state index contributed by atoms with van der Waals surface area (Å²) >= 11 is 0. The lowest BCUT2D eigenvalue weighted by atomic mass is 10.0. The Morgan fingerprint density at radius 1 is 1.08 bits per heavy atom. The van der Waals surface area contributed by atoms with Crippen molar-refractivity contribution in [2.45, 2.75) is 26.3 Å². The van der Waals surface area contributed by atoms with Crippen molar-refractivity contribution in [1.29, 1.82) is 0 Å². The zero-order valence-electron chi connectivity index (χ0n) is 14.3. The Kier molecular flexibility index (Phi) is 4.29. The zero-order chi connectivity index (χ0) is 17.1. The Hall–Kier alpha value is -2.95. The van der Waals surface area contributed by atoms with E-state index in [9.17, 15) is 0 Å². The molecule has 5 nitrogen and oxygen atoms in total. The van der Waals surface area contributed by atoms with Gasteiger partial charge in [0.15, 0.2) is 5.82 Å². The van der Waals surface area contributed by atoms with Gasteiger partial charge in [0.05, 0.1) is 6.20 Å². The number of rotatable bonds is 4.